The van der Waals surface area contributed by atoms with E-state index in [-0.39, 0.29) is 11.8 Å². The molecule has 0 fully saturated rings. The number of anilines is 2. The Morgan fingerprint density at radius 2 is 1.52 bits per heavy atom. The van der Waals surface area contributed by atoms with Crippen molar-refractivity contribution in [3.8, 4) is 0 Å². The standard InChI is InChI=1S/C26H22N2O2S/c1-18-5-4-8-23(15-18)27-25(29)17-31-24-13-11-22(12-14-24)28-26(30)21-10-9-19-6-2-3-7-20(19)16-21/h2-16H,17H2,1H3,(H,27,29)(H,28,30). The molecule has 0 radical (unpaired) electrons. The molecule has 154 valence electrons. The quantitative estimate of drug-likeness (QED) is 0.365. The van der Waals surface area contributed by atoms with Crippen LogP contribution in [0, 0.1) is 6.92 Å². The number of benzene rings is 4. The van der Waals surface area contributed by atoms with E-state index in [1.54, 1.807) is 0 Å². The minimum Gasteiger partial charge on any atom is -0.325 e. The van der Waals surface area contributed by atoms with Gasteiger partial charge in [0.25, 0.3) is 5.91 Å². The minimum atomic E-state index is -0.149. The molecule has 0 aliphatic rings. The summed E-state index contributed by atoms with van der Waals surface area (Å²) in [5.74, 6) is 0.115. The molecule has 0 aliphatic carbocycles. The number of aryl methyl sites for hydroxylation is 1. The van der Waals surface area contributed by atoms with Crippen molar-refractivity contribution < 1.29 is 9.59 Å². The second-order valence-corrected chi connectivity index (χ2v) is 8.30. The first-order valence-corrected chi connectivity index (χ1v) is 10.9. The Morgan fingerprint density at radius 3 is 2.29 bits per heavy atom. The van der Waals surface area contributed by atoms with Gasteiger partial charge < -0.3 is 10.6 Å². The Morgan fingerprint density at radius 1 is 0.742 bits per heavy atom. The molecule has 4 aromatic carbocycles. The van der Waals surface area contributed by atoms with Crippen LogP contribution in [0.25, 0.3) is 10.8 Å². The number of carbonyl (C=O) groups excluding carboxylic acids is 2. The highest BCUT2D eigenvalue weighted by Crippen LogP contribution is 2.22. The Kier molecular flexibility index (Phi) is 6.34. The third kappa shape index (κ3) is 5.53. The number of amides is 2. The van der Waals surface area contributed by atoms with E-state index in [0.717, 1.165) is 26.9 Å². The molecule has 0 atom stereocenters. The van der Waals surface area contributed by atoms with E-state index < -0.39 is 0 Å². The summed E-state index contributed by atoms with van der Waals surface area (Å²) < 4.78 is 0. The normalized spacial score (nSPS) is 10.6. The number of hydrogen-bond acceptors (Lipinski definition) is 3. The molecule has 0 bridgehead atoms. The maximum atomic E-state index is 12.6. The lowest BCUT2D eigenvalue weighted by Crippen LogP contribution is -2.14. The number of carbonyl (C=O) groups is 2. The lowest BCUT2D eigenvalue weighted by Gasteiger charge is -2.08. The summed E-state index contributed by atoms with van der Waals surface area (Å²) in [5.41, 5.74) is 3.24. The summed E-state index contributed by atoms with van der Waals surface area (Å²) in [4.78, 5) is 25.7. The van der Waals surface area contributed by atoms with Crippen molar-refractivity contribution in [2.45, 2.75) is 11.8 Å². The molecular formula is C26H22N2O2S. The molecule has 5 heteroatoms. The lowest BCUT2D eigenvalue weighted by atomic mass is 10.1. The van der Waals surface area contributed by atoms with Gasteiger partial charge in [-0.3, -0.25) is 9.59 Å². The fourth-order valence-electron chi connectivity index (χ4n) is 3.24. The van der Waals surface area contributed by atoms with Crippen LogP contribution in [0.3, 0.4) is 0 Å². The second kappa shape index (κ2) is 9.49. The van der Waals surface area contributed by atoms with Gasteiger partial charge in [-0.2, -0.15) is 0 Å². The molecule has 4 aromatic rings. The summed E-state index contributed by atoms with van der Waals surface area (Å²) in [6.07, 6.45) is 0. The molecule has 0 unspecified atom stereocenters. The molecular weight excluding hydrogens is 404 g/mol. The molecule has 0 aromatic heterocycles. The zero-order chi connectivity index (χ0) is 21.6. The Bertz CT molecular complexity index is 1240. The molecule has 31 heavy (non-hydrogen) atoms. The molecule has 2 N–H and O–H groups in total. The number of fused-ring (bicyclic) bond motifs is 1. The van der Waals surface area contributed by atoms with Gasteiger partial charge in [0.15, 0.2) is 0 Å². The molecule has 2 amide bonds. The van der Waals surface area contributed by atoms with Gasteiger partial charge in [-0.05, 0) is 71.8 Å². The molecule has 0 saturated carbocycles. The Hall–Kier alpha value is -3.57. The first-order chi connectivity index (χ1) is 15.1. The van der Waals surface area contributed by atoms with Crippen molar-refractivity contribution in [1.82, 2.24) is 0 Å². The van der Waals surface area contributed by atoms with Crippen molar-refractivity contribution >= 4 is 45.7 Å². The SMILES string of the molecule is Cc1cccc(NC(=O)CSc2ccc(NC(=O)c3ccc4ccccc4c3)cc2)c1. The third-order valence-corrected chi connectivity index (χ3v) is 5.81. The zero-order valence-corrected chi connectivity index (χ0v) is 17.9. The van der Waals surface area contributed by atoms with Gasteiger partial charge in [0, 0.05) is 21.8 Å². The van der Waals surface area contributed by atoms with Gasteiger partial charge in [0.1, 0.15) is 0 Å². The zero-order valence-electron chi connectivity index (χ0n) is 17.1. The van der Waals surface area contributed by atoms with Crippen molar-refractivity contribution in [3.63, 3.8) is 0 Å². The van der Waals surface area contributed by atoms with Gasteiger partial charge in [0.2, 0.25) is 5.91 Å². The average molecular weight is 427 g/mol. The van der Waals surface area contributed by atoms with Crippen LogP contribution in [-0.4, -0.2) is 17.6 Å². The molecule has 0 saturated heterocycles. The lowest BCUT2D eigenvalue weighted by molar-refractivity contribution is -0.113. The van der Waals surface area contributed by atoms with E-state index in [0.29, 0.717) is 17.0 Å². The molecule has 4 nitrogen and oxygen atoms in total. The molecule has 0 heterocycles. The van der Waals surface area contributed by atoms with Crippen LogP contribution in [-0.2, 0) is 4.79 Å². The van der Waals surface area contributed by atoms with Crippen molar-refractivity contribution in [3.05, 3.63) is 102 Å². The molecule has 0 aliphatic heterocycles. The summed E-state index contributed by atoms with van der Waals surface area (Å²) in [6, 6.07) is 28.9. The predicted molar refractivity (Wildman–Crippen MR) is 129 cm³/mol. The minimum absolute atomic E-state index is 0.0516. The van der Waals surface area contributed by atoms with E-state index in [1.165, 1.54) is 11.8 Å². The van der Waals surface area contributed by atoms with E-state index in [4.69, 9.17) is 0 Å². The highest BCUT2D eigenvalue weighted by atomic mass is 32.2. The van der Waals surface area contributed by atoms with Gasteiger partial charge in [0.05, 0.1) is 5.75 Å². The first-order valence-electron chi connectivity index (χ1n) is 9.96. The van der Waals surface area contributed by atoms with E-state index in [9.17, 15) is 9.59 Å². The van der Waals surface area contributed by atoms with Crippen LogP contribution >= 0.6 is 11.8 Å². The van der Waals surface area contributed by atoms with Crippen molar-refractivity contribution in [2.24, 2.45) is 0 Å². The van der Waals surface area contributed by atoms with Gasteiger partial charge in [-0.25, -0.2) is 0 Å². The van der Waals surface area contributed by atoms with Crippen molar-refractivity contribution in [2.75, 3.05) is 16.4 Å². The van der Waals surface area contributed by atoms with Crippen molar-refractivity contribution in [1.29, 1.82) is 0 Å². The monoisotopic (exact) mass is 426 g/mol. The van der Waals surface area contributed by atoms with Crippen LogP contribution in [0.2, 0.25) is 0 Å². The maximum Gasteiger partial charge on any atom is 0.255 e. The largest absolute Gasteiger partial charge is 0.325 e. The van der Waals surface area contributed by atoms with Crippen LogP contribution in [0.5, 0.6) is 0 Å². The smallest absolute Gasteiger partial charge is 0.255 e. The van der Waals surface area contributed by atoms with Crippen LogP contribution < -0.4 is 10.6 Å². The molecule has 4 rings (SSSR count). The maximum absolute atomic E-state index is 12.6. The van der Waals surface area contributed by atoms with Crippen LogP contribution in [0.1, 0.15) is 15.9 Å². The molecule has 0 spiro atoms. The third-order valence-electron chi connectivity index (χ3n) is 4.80. The summed E-state index contributed by atoms with van der Waals surface area (Å²) >= 11 is 1.45. The number of nitrogens with one attached hydrogen (secondary N) is 2. The second-order valence-electron chi connectivity index (χ2n) is 7.25. The van der Waals surface area contributed by atoms with E-state index in [1.807, 2.05) is 97.9 Å². The Balaban J connectivity index is 1.32. The summed E-state index contributed by atoms with van der Waals surface area (Å²) in [6.45, 7) is 1.99. The number of hydrogen-bond donors (Lipinski definition) is 2. The topological polar surface area (TPSA) is 58.2 Å². The summed E-state index contributed by atoms with van der Waals surface area (Å²) in [5, 5.41) is 7.97. The van der Waals surface area contributed by atoms with E-state index in [2.05, 4.69) is 10.6 Å². The summed E-state index contributed by atoms with van der Waals surface area (Å²) in [7, 11) is 0. The highest BCUT2D eigenvalue weighted by Gasteiger charge is 2.08. The fourth-order valence-corrected chi connectivity index (χ4v) is 3.94. The van der Waals surface area contributed by atoms with Gasteiger partial charge in [-0.1, -0.05) is 42.5 Å². The van der Waals surface area contributed by atoms with Gasteiger partial charge >= 0.3 is 0 Å². The first kappa shape index (κ1) is 20.7. The fraction of sp³-hybridized carbons (Fsp3) is 0.0769. The predicted octanol–water partition coefficient (Wildman–Crippen LogP) is 6.13. The van der Waals surface area contributed by atoms with Gasteiger partial charge in [-0.15, -0.1) is 11.8 Å². The number of thioether (sulfide) groups is 1. The van der Waals surface area contributed by atoms with E-state index >= 15 is 0 Å². The van der Waals surface area contributed by atoms with Crippen LogP contribution in [0.4, 0.5) is 11.4 Å². The average Bonchev–Trinajstić information content (AvgIpc) is 2.78. The number of rotatable bonds is 6. The van der Waals surface area contributed by atoms with Crippen LogP contribution in [0.15, 0.2) is 95.9 Å². The highest BCUT2D eigenvalue weighted by molar-refractivity contribution is 8.00. The Labute approximate surface area is 185 Å².